The summed E-state index contributed by atoms with van der Waals surface area (Å²) in [6.07, 6.45) is 3.67. The van der Waals surface area contributed by atoms with Crippen LogP contribution >= 0.6 is 0 Å². The van der Waals surface area contributed by atoms with E-state index in [1.807, 2.05) is 7.11 Å². The zero-order chi connectivity index (χ0) is 14.4. The number of methoxy groups -OCH3 is 1. The van der Waals surface area contributed by atoms with Crippen molar-refractivity contribution in [2.24, 2.45) is 11.3 Å². The van der Waals surface area contributed by atoms with E-state index < -0.39 is 0 Å². The molecule has 1 N–H and O–H groups in total. The molecule has 20 heavy (non-hydrogen) atoms. The van der Waals surface area contributed by atoms with Crippen LogP contribution in [-0.4, -0.2) is 64.1 Å². The minimum absolute atomic E-state index is 0.407. The van der Waals surface area contributed by atoms with Crippen LogP contribution in [0.1, 0.15) is 33.1 Å². The molecular weight excluding hydrogens is 252 g/mol. The molecule has 2 fully saturated rings. The van der Waals surface area contributed by atoms with Gasteiger partial charge in [0, 0.05) is 46.0 Å². The lowest BCUT2D eigenvalue weighted by Crippen LogP contribution is -2.48. The van der Waals surface area contributed by atoms with Gasteiger partial charge in [0.15, 0.2) is 0 Å². The van der Waals surface area contributed by atoms with E-state index in [4.69, 9.17) is 9.47 Å². The van der Waals surface area contributed by atoms with Crippen LogP contribution in [0.5, 0.6) is 0 Å². The van der Waals surface area contributed by atoms with Gasteiger partial charge in [0.25, 0.3) is 0 Å². The summed E-state index contributed by atoms with van der Waals surface area (Å²) in [6.45, 7) is 12.0. The number of hydrogen-bond acceptors (Lipinski definition) is 4. The zero-order valence-electron chi connectivity index (χ0n) is 13.5. The molecule has 2 aliphatic rings. The molecule has 2 heterocycles. The normalized spacial score (nSPS) is 27.3. The lowest BCUT2D eigenvalue weighted by atomic mass is 9.79. The Morgan fingerprint density at radius 3 is 2.75 bits per heavy atom. The van der Waals surface area contributed by atoms with Gasteiger partial charge in [-0.2, -0.15) is 0 Å². The Balaban J connectivity index is 1.87. The second-order valence-electron chi connectivity index (χ2n) is 6.99. The summed E-state index contributed by atoms with van der Waals surface area (Å²) in [7, 11) is 1.81. The van der Waals surface area contributed by atoms with Gasteiger partial charge in [0.05, 0.1) is 6.61 Å². The number of likely N-dealkylation sites (tertiary alicyclic amines) is 1. The monoisotopic (exact) mass is 284 g/mol. The third-order valence-corrected chi connectivity index (χ3v) is 4.77. The smallest absolute Gasteiger partial charge is 0.0503 e. The quantitative estimate of drug-likeness (QED) is 0.772. The second kappa shape index (κ2) is 7.74. The molecule has 0 aromatic rings. The first kappa shape index (κ1) is 16.2. The molecule has 0 amide bonds. The Bertz CT molecular complexity index is 278. The zero-order valence-corrected chi connectivity index (χ0v) is 13.5. The van der Waals surface area contributed by atoms with Crippen LogP contribution in [-0.2, 0) is 9.47 Å². The molecule has 2 rings (SSSR count). The predicted octanol–water partition coefficient (Wildman–Crippen LogP) is 1.75. The van der Waals surface area contributed by atoms with E-state index >= 15 is 0 Å². The van der Waals surface area contributed by atoms with Gasteiger partial charge in [-0.1, -0.05) is 13.8 Å². The minimum atomic E-state index is 0.407. The molecule has 1 atom stereocenters. The van der Waals surface area contributed by atoms with Gasteiger partial charge in [0.2, 0.25) is 0 Å². The molecule has 0 aromatic carbocycles. The van der Waals surface area contributed by atoms with Crippen molar-refractivity contribution in [1.29, 1.82) is 0 Å². The van der Waals surface area contributed by atoms with E-state index in [1.165, 1.54) is 38.9 Å². The first-order valence-corrected chi connectivity index (χ1v) is 8.16. The molecule has 0 aromatic heterocycles. The molecule has 0 bridgehead atoms. The number of hydrogen-bond donors (Lipinski definition) is 1. The summed E-state index contributed by atoms with van der Waals surface area (Å²) in [5.41, 5.74) is 0.407. The molecule has 2 saturated heterocycles. The lowest BCUT2D eigenvalue weighted by molar-refractivity contribution is -0.00277. The standard InChI is InChI=1S/C16H32N2O2/c1-14(2)17-12-16(5-8-20-9-6-16)13-18-7-4-15(10-18)11-19-3/h14-15,17H,4-13H2,1-3H3. The van der Waals surface area contributed by atoms with Gasteiger partial charge in [-0.3, -0.25) is 0 Å². The number of rotatable bonds is 7. The molecule has 0 radical (unpaired) electrons. The number of nitrogens with zero attached hydrogens (tertiary/aromatic N) is 1. The van der Waals surface area contributed by atoms with E-state index in [0.29, 0.717) is 11.5 Å². The summed E-state index contributed by atoms with van der Waals surface area (Å²) in [4.78, 5) is 2.65. The Morgan fingerprint density at radius 2 is 2.10 bits per heavy atom. The van der Waals surface area contributed by atoms with Gasteiger partial charge in [0.1, 0.15) is 0 Å². The SMILES string of the molecule is COCC1CCN(CC2(CNC(C)C)CCOCC2)C1. The highest BCUT2D eigenvalue weighted by molar-refractivity contribution is 4.90. The minimum Gasteiger partial charge on any atom is -0.384 e. The summed E-state index contributed by atoms with van der Waals surface area (Å²) in [6, 6.07) is 0.564. The third kappa shape index (κ3) is 4.69. The summed E-state index contributed by atoms with van der Waals surface area (Å²) >= 11 is 0. The van der Waals surface area contributed by atoms with Crippen molar-refractivity contribution in [3.05, 3.63) is 0 Å². The van der Waals surface area contributed by atoms with E-state index in [0.717, 1.165) is 32.3 Å². The Hall–Kier alpha value is -0.160. The molecule has 0 spiro atoms. The van der Waals surface area contributed by atoms with Gasteiger partial charge in [-0.15, -0.1) is 0 Å². The van der Waals surface area contributed by atoms with Gasteiger partial charge in [-0.25, -0.2) is 0 Å². The molecule has 2 aliphatic heterocycles. The lowest BCUT2D eigenvalue weighted by Gasteiger charge is -2.41. The van der Waals surface area contributed by atoms with Crippen molar-refractivity contribution in [2.45, 2.75) is 39.2 Å². The molecule has 0 saturated carbocycles. The van der Waals surface area contributed by atoms with Crippen molar-refractivity contribution >= 4 is 0 Å². The summed E-state index contributed by atoms with van der Waals surface area (Å²) < 4.78 is 10.9. The van der Waals surface area contributed by atoms with Crippen molar-refractivity contribution in [3.8, 4) is 0 Å². The molecule has 4 nitrogen and oxygen atoms in total. The fourth-order valence-electron chi connectivity index (χ4n) is 3.52. The highest BCUT2D eigenvalue weighted by atomic mass is 16.5. The molecular formula is C16H32N2O2. The van der Waals surface area contributed by atoms with Crippen molar-refractivity contribution in [2.75, 3.05) is 53.1 Å². The van der Waals surface area contributed by atoms with Crippen molar-refractivity contribution in [1.82, 2.24) is 10.2 Å². The van der Waals surface area contributed by atoms with Crippen LogP contribution in [0, 0.1) is 11.3 Å². The van der Waals surface area contributed by atoms with E-state index in [2.05, 4.69) is 24.1 Å². The molecule has 1 unspecified atom stereocenters. The molecule has 118 valence electrons. The summed E-state index contributed by atoms with van der Waals surface area (Å²) in [5, 5.41) is 3.66. The van der Waals surface area contributed by atoms with Crippen LogP contribution < -0.4 is 5.32 Å². The Morgan fingerprint density at radius 1 is 1.35 bits per heavy atom. The highest BCUT2D eigenvalue weighted by Crippen LogP contribution is 2.33. The fourth-order valence-corrected chi connectivity index (χ4v) is 3.52. The van der Waals surface area contributed by atoms with Gasteiger partial charge in [-0.05, 0) is 37.1 Å². The Labute approximate surface area is 124 Å². The fraction of sp³-hybridized carbons (Fsp3) is 1.00. The summed E-state index contributed by atoms with van der Waals surface area (Å²) in [5.74, 6) is 0.731. The average molecular weight is 284 g/mol. The predicted molar refractivity (Wildman–Crippen MR) is 82.0 cm³/mol. The second-order valence-corrected chi connectivity index (χ2v) is 6.99. The average Bonchev–Trinajstić information content (AvgIpc) is 2.85. The maximum absolute atomic E-state index is 5.59. The topological polar surface area (TPSA) is 33.7 Å². The third-order valence-electron chi connectivity index (χ3n) is 4.77. The van der Waals surface area contributed by atoms with E-state index in [-0.39, 0.29) is 0 Å². The van der Waals surface area contributed by atoms with Crippen LogP contribution in [0.25, 0.3) is 0 Å². The Kier molecular flexibility index (Phi) is 6.27. The maximum atomic E-state index is 5.59. The largest absolute Gasteiger partial charge is 0.384 e. The van der Waals surface area contributed by atoms with Gasteiger partial charge >= 0.3 is 0 Å². The van der Waals surface area contributed by atoms with Crippen molar-refractivity contribution in [3.63, 3.8) is 0 Å². The highest BCUT2D eigenvalue weighted by Gasteiger charge is 2.36. The first-order valence-electron chi connectivity index (χ1n) is 8.16. The molecule has 0 aliphatic carbocycles. The van der Waals surface area contributed by atoms with E-state index in [9.17, 15) is 0 Å². The number of ether oxygens (including phenoxy) is 2. The first-order chi connectivity index (χ1) is 9.63. The van der Waals surface area contributed by atoms with E-state index in [1.54, 1.807) is 0 Å². The molecule has 4 heteroatoms. The maximum Gasteiger partial charge on any atom is 0.0503 e. The van der Waals surface area contributed by atoms with Crippen LogP contribution in [0.4, 0.5) is 0 Å². The van der Waals surface area contributed by atoms with Crippen LogP contribution in [0.2, 0.25) is 0 Å². The van der Waals surface area contributed by atoms with Crippen LogP contribution in [0.3, 0.4) is 0 Å². The van der Waals surface area contributed by atoms with Gasteiger partial charge < -0.3 is 19.7 Å². The van der Waals surface area contributed by atoms with Crippen molar-refractivity contribution < 1.29 is 9.47 Å². The van der Waals surface area contributed by atoms with Crippen LogP contribution in [0.15, 0.2) is 0 Å². The number of nitrogens with one attached hydrogen (secondary N) is 1.